The lowest BCUT2D eigenvalue weighted by Gasteiger charge is -2.33. The Morgan fingerprint density at radius 3 is 2.62 bits per heavy atom. The van der Waals surface area contributed by atoms with Crippen LogP contribution in [-0.2, 0) is 4.79 Å². The van der Waals surface area contributed by atoms with Gasteiger partial charge in [0.2, 0.25) is 5.91 Å². The predicted molar refractivity (Wildman–Crippen MR) is 131 cm³/mol. The first-order valence-electron chi connectivity index (χ1n) is 11.1. The molecule has 1 aromatic heterocycles. The molecular formula is C27H25N5O2. The van der Waals surface area contributed by atoms with E-state index >= 15 is 0 Å². The summed E-state index contributed by atoms with van der Waals surface area (Å²) in [5.74, 6) is 1.30. The topological polar surface area (TPSA) is 102 Å². The summed E-state index contributed by atoms with van der Waals surface area (Å²) in [6.45, 7) is 4.77. The molecule has 1 fully saturated rings. The van der Waals surface area contributed by atoms with Gasteiger partial charge in [0.15, 0.2) is 0 Å². The van der Waals surface area contributed by atoms with Crippen molar-refractivity contribution < 1.29 is 9.53 Å². The van der Waals surface area contributed by atoms with Crippen LogP contribution in [0.3, 0.4) is 0 Å². The Labute approximate surface area is 198 Å². The third-order valence-corrected chi connectivity index (χ3v) is 5.71. The molecule has 0 aliphatic carbocycles. The van der Waals surface area contributed by atoms with E-state index in [-0.39, 0.29) is 17.7 Å². The van der Waals surface area contributed by atoms with E-state index in [1.807, 2.05) is 54.6 Å². The van der Waals surface area contributed by atoms with E-state index in [1.54, 1.807) is 11.1 Å². The van der Waals surface area contributed by atoms with Crippen LogP contribution in [0.4, 0.5) is 5.69 Å². The van der Waals surface area contributed by atoms with Gasteiger partial charge in [0.05, 0.1) is 17.0 Å². The molecule has 3 aromatic rings. The molecule has 4 rings (SSSR count). The number of nitrogens with zero attached hydrogens (tertiary/aromatic N) is 3. The minimum absolute atomic E-state index is 0.0413. The maximum absolute atomic E-state index is 12.1. The molecule has 2 N–H and O–H groups in total. The fourth-order valence-corrected chi connectivity index (χ4v) is 3.99. The molecule has 1 unspecified atom stereocenters. The minimum atomic E-state index is -0.104. The number of aromatic nitrogens is 1. The van der Waals surface area contributed by atoms with Gasteiger partial charge in [0.25, 0.3) is 0 Å². The fourth-order valence-electron chi connectivity index (χ4n) is 3.99. The number of benzene rings is 2. The highest BCUT2D eigenvalue weighted by molar-refractivity contribution is 6.14. The number of hydrogen-bond acceptors (Lipinski definition) is 6. The quantitative estimate of drug-likeness (QED) is 0.399. The number of ether oxygens (including phenoxy) is 1. The average molecular weight is 452 g/mol. The number of carbonyl (C=O) groups is 1. The van der Waals surface area contributed by atoms with Gasteiger partial charge in [0.1, 0.15) is 17.6 Å². The second-order valence-electron chi connectivity index (χ2n) is 8.01. The Balaban J connectivity index is 1.56. The van der Waals surface area contributed by atoms with Crippen LogP contribution < -0.4 is 10.1 Å². The Kier molecular flexibility index (Phi) is 6.99. The van der Waals surface area contributed by atoms with E-state index in [2.05, 4.69) is 22.9 Å². The number of amides is 1. The average Bonchev–Trinajstić information content (AvgIpc) is 2.89. The molecule has 1 saturated heterocycles. The number of carbonyl (C=O) groups excluding carboxylic acids is 1. The van der Waals surface area contributed by atoms with Crippen molar-refractivity contribution in [3.63, 3.8) is 0 Å². The van der Waals surface area contributed by atoms with Gasteiger partial charge < -0.3 is 15.0 Å². The number of anilines is 1. The zero-order chi connectivity index (χ0) is 23.9. The van der Waals surface area contributed by atoms with Crippen molar-refractivity contribution in [2.24, 2.45) is 0 Å². The molecule has 1 aliphatic rings. The normalized spacial score (nSPS) is 15.1. The molecule has 0 radical (unpaired) electrons. The van der Waals surface area contributed by atoms with E-state index in [1.165, 1.54) is 12.3 Å². The van der Waals surface area contributed by atoms with Crippen LogP contribution in [0.5, 0.6) is 11.5 Å². The van der Waals surface area contributed by atoms with Gasteiger partial charge in [-0.05, 0) is 55.3 Å². The number of rotatable bonds is 7. The first-order valence-corrected chi connectivity index (χ1v) is 11.1. The third kappa shape index (κ3) is 5.13. The number of para-hydroxylation sites is 1. The standard InChI is InChI=1S/C27H25N5O2/c1-2-25(33)32-14-6-7-21(18-32)31-27-20(15-28)16-30-17-24(27)26(29)19-10-12-23(13-11-19)34-22-8-4-3-5-9-22/h2-5,8-13,16-17,21,29H,1,6-7,14,18H2,(H,30,31). The van der Waals surface area contributed by atoms with Gasteiger partial charge in [-0.25, -0.2) is 0 Å². The molecule has 2 heterocycles. The summed E-state index contributed by atoms with van der Waals surface area (Å²) in [6.07, 6.45) is 6.11. The molecule has 1 amide bonds. The highest BCUT2D eigenvalue weighted by Gasteiger charge is 2.24. The van der Waals surface area contributed by atoms with Crippen molar-refractivity contribution in [2.45, 2.75) is 18.9 Å². The van der Waals surface area contributed by atoms with E-state index < -0.39 is 0 Å². The van der Waals surface area contributed by atoms with Crippen molar-refractivity contribution >= 4 is 17.3 Å². The van der Waals surface area contributed by atoms with Crippen molar-refractivity contribution in [1.82, 2.24) is 9.88 Å². The van der Waals surface area contributed by atoms with Crippen LogP contribution in [0, 0.1) is 16.7 Å². The lowest BCUT2D eigenvalue weighted by atomic mass is 9.98. The van der Waals surface area contributed by atoms with E-state index in [0.29, 0.717) is 41.2 Å². The summed E-state index contributed by atoms with van der Waals surface area (Å²) in [6, 6.07) is 18.9. The molecular weight excluding hydrogens is 426 g/mol. The highest BCUT2D eigenvalue weighted by Crippen LogP contribution is 2.27. The van der Waals surface area contributed by atoms with E-state index in [0.717, 1.165) is 18.6 Å². The first-order chi connectivity index (χ1) is 16.6. The molecule has 2 aromatic carbocycles. The molecule has 34 heavy (non-hydrogen) atoms. The summed E-state index contributed by atoms with van der Waals surface area (Å²) < 4.78 is 5.84. The third-order valence-electron chi connectivity index (χ3n) is 5.71. The van der Waals surface area contributed by atoms with Crippen LogP contribution in [0.1, 0.15) is 29.5 Å². The van der Waals surface area contributed by atoms with Gasteiger partial charge in [-0.1, -0.05) is 24.8 Å². The Hall–Kier alpha value is -4.44. The maximum Gasteiger partial charge on any atom is 0.246 e. The summed E-state index contributed by atoms with van der Waals surface area (Å²) in [5, 5.41) is 21.9. The van der Waals surface area contributed by atoms with Crippen LogP contribution in [0.15, 0.2) is 79.6 Å². The minimum Gasteiger partial charge on any atom is -0.457 e. The van der Waals surface area contributed by atoms with Crippen molar-refractivity contribution in [1.29, 1.82) is 10.7 Å². The van der Waals surface area contributed by atoms with Gasteiger partial charge in [0, 0.05) is 42.7 Å². The molecule has 170 valence electrons. The SMILES string of the molecule is C=CC(=O)N1CCCC(Nc2c(C#N)cncc2C(=N)c2ccc(Oc3ccccc3)cc2)C1. The zero-order valence-corrected chi connectivity index (χ0v) is 18.7. The van der Waals surface area contributed by atoms with Gasteiger partial charge >= 0.3 is 0 Å². The number of hydrogen-bond donors (Lipinski definition) is 2. The molecule has 1 aliphatic heterocycles. The number of nitriles is 1. The largest absolute Gasteiger partial charge is 0.457 e. The lowest BCUT2D eigenvalue weighted by molar-refractivity contribution is -0.127. The van der Waals surface area contributed by atoms with Crippen molar-refractivity contribution in [3.05, 3.63) is 96.3 Å². The van der Waals surface area contributed by atoms with Crippen molar-refractivity contribution in [2.75, 3.05) is 18.4 Å². The molecule has 0 saturated carbocycles. The summed E-state index contributed by atoms with van der Waals surface area (Å²) in [4.78, 5) is 18.0. The highest BCUT2D eigenvalue weighted by atomic mass is 16.5. The summed E-state index contributed by atoms with van der Waals surface area (Å²) in [7, 11) is 0. The lowest BCUT2D eigenvalue weighted by Crippen LogP contribution is -2.44. The molecule has 0 bridgehead atoms. The Bertz CT molecular complexity index is 1230. The van der Waals surface area contributed by atoms with Gasteiger partial charge in [-0.15, -0.1) is 0 Å². The predicted octanol–water partition coefficient (Wildman–Crippen LogP) is 4.75. The molecule has 1 atom stereocenters. The number of likely N-dealkylation sites (tertiary alicyclic amines) is 1. The summed E-state index contributed by atoms with van der Waals surface area (Å²) >= 11 is 0. The first kappa shape index (κ1) is 22.7. The molecule has 0 spiro atoms. The number of pyridine rings is 1. The Morgan fingerprint density at radius 1 is 1.18 bits per heavy atom. The van der Waals surface area contributed by atoms with Crippen LogP contribution in [0.2, 0.25) is 0 Å². The van der Waals surface area contributed by atoms with Crippen molar-refractivity contribution in [3.8, 4) is 17.6 Å². The fraction of sp³-hybridized carbons (Fsp3) is 0.185. The second kappa shape index (κ2) is 10.5. The van der Waals surface area contributed by atoms with Gasteiger partial charge in [-0.3, -0.25) is 15.2 Å². The van der Waals surface area contributed by atoms with Crippen LogP contribution in [0.25, 0.3) is 0 Å². The number of nitrogens with one attached hydrogen (secondary N) is 2. The second-order valence-corrected chi connectivity index (χ2v) is 8.01. The zero-order valence-electron chi connectivity index (χ0n) is 18.7. The molecule has 7 heteroatoms. The molecule has 7 nitrogen and oxygen atoms in total. The number of piperidine rings is 1. The smallest absolute Gasteiger partial charge is 0.246 e. The summed E-state index contributed by atoms with van der Waals surface area (Å²) in [5.41, 5.74) is 2.37. The van der Waals surface area contributed by atoms with Crippen LogP contribution in [-0.4, -0.2) is 40.6 Å². The Morgan fingerprint density at radius 2 is 1.91 bits per heavy atom. The van der Waals surface area contributed by atoms with Crippen LogP contribution >= 0.6 is 0 Å². The van der Waals surface area contributed by atoms with E-state index in [4.69, 9.17) is 10.1 Å². The van der Waals surface area contributed by atoms with Gasteiger partial charge in [-0.2, -0.15) is 5.26 Å². The monoisotopic (exact) mass is 451 g/mol. The van der Waals surface area contributed by atoms with E-state index in [9.17, 15) is 10.1 Å². The maximum atomic E-state index is 12.1.